The second kappa shape index (κ2) is 6.76. The van der Waals surface area contributed by atoms with Crippen molar-refractivity contribution in [2.45, 2.75) is 32.4 Å². The number of nitrogens with two attached hydrogens (primary N) is 1. The van der Waals surface area contributed by atoms with Crippen LogP contribution in [0.5, 0.6) is 0 Å². The topological polar surface area (TPSA) is 88.5 Å². The summed E-state index contributed by atoms with van der Waals surface area (Å²) in [6.45, 7) is 5.08. The summed E-state index contributed by atoms with van der Waals surface area (Å²) in [6.07, 6.45) is 5.26. The minimum Gasteiger partial charge on any atom is -0.370 e. The Hall–Kier alpha value is -2.16. The Morgan fingerprint density at radius 1 is 1.17 bits per heavy atom. The van der Waals surface area contributed by atoms with Gasteiger partial charge in [-0.3, -0.25) is 0 Å². The van der Waals surface area contributed by atoms with Gasteiger partial charge in [-0.1, -0.05) is 0 Å². The average molecular weight is 346 g/mol. The van der Waals surface area contributed by atoms with Crippen molar-refractivity contribution < 1.29 is 0 Å². The molecule has 0 radical (unpaired) electrons. The van der Waals surface area contributed by atoms with E-state index in [1.165, 1.54) is 12.8 Å². The molecule has 0 bridgehead atoms. The SMILES string of the molecule is NC(=NCc1nnc2n1CCCC2)N1CCN(c2nccs2)CC1. The Morgan fingerprint density at radius 2 is 2.04 bits per heavy atom. The van der Waals surface area contributed by atoms with Crippen LogP contribution < -0.4 is 10.6 Å². The first-order valence-corrected chi connectivity index (χ1v) is 9.29. The van der Waals surface area contributed by atoms with Gasteiger partial charge < -0.3 is 20.1 Å². The number of rotatable bonds is 3. The largest absolute Gasteiger partial charge is 0.370 e. The molecule has 0 atom stereocenters. The fourth-order valence-electron chi connectivity index (χ4n) is 3.24. The number of nitrogens with zero attached hydrogens (tertiary/aromatic N) is 7. The molecule has 0 spiro atoms. The highest BCUT2D eigenvalue weighted by molar-refractivity contribution is 7.13. The molecule has 1 fully saturated rings. The summed E-state index contributed by atoms with van der Waals surface area (Å²) in [6, 6.07) is 0. The summed E-state index contributed by atoms with van der Waals surface area (Å²) < 4.78 is 2.20. The Labute approximate surface area is 145 Å². The fourth-order valence-corrected chi connectivity index (χ4v) is 3.93. The van der Waals surface area contributed by atoms with Crippen molar-refractivity contribution in [2.75, 3.05) is 31.1 Å². The summed E-state index contributed by atoms with van der Waals surface area (Å²) in [5.41, 5.74) is 6.19. The molecule has 0 aliphatic carbocycles. The lowest BCUT2D eigenvalue weighted by molar-refractivity contribution is 0.380. The number of fused-ring (bicyclic) bond motifs is 1. The van der Waals surface area contributed by atoms with Gasteiger partial charge in [-0.2, -0.15) is 0 Å². The quantitative estimate of drug-likeness (QED) is 0.650. The van der Waals surface area contributed by atoms with Gasteiger partial charge in [-0.05, 0) is 12.8 Å². The zero-order valence-electron chi connectivity index (χ0n) is 13.6. The standard InChI is InChI=1S/C15H22N8S/c16-14(18-11-13-20-19-12-3-1-2-5-23(12)13)21-6-8-22(9-7-21)15-17-4-10-24-15/h4,10H,1-3,5-9,11H2,(H2,16,18). The third-order valence-electron chi connectivity index (χ3n) is 4.61. The van der Waals surface area contributed by atoms with Gasteiger partial charge >= 0.3 is 0 Å². The number of aliphatic imine (C=N–C) groups is 1. The number of anilines is 1. The van der Waals surface area contributed by atoms with Crippen molar-refractivity contribution in [2.24, 2.45) is 10.7 Å². The minimum atomic E-state index is 0.505. The Balaban J connectivity index is 1.35. The molecule has 2 aromatic rings. The number of aromatic nitrogens is 4. The number of thiazole rings is 1. The number of hydrogen-bond acceptors (Lipinski definition) is 6. The van der Waals surface area contributed by atoms with Crippen molar-refractivity contribution in [3.05, 3.63) is 23.2 Å². The van der Waals surface area contributed by atoms with Gasteiger partial charge in [0.1, 0.15) is 12.4 Å². The zero-order valence-corrected chi connectivity index (χ0v) is 14.5. The van der Waals surface area contributed by atoms with Gasteiger partial charge in [-0.25, -0.2) is 9.98 Å². The number of guanidine groups is 1. The van der Waals surface area contributed by atoms with Crippen LogP contribution in [0.2, 0.25) is 0 Å². The van der Waals surface area contributed by atoms with Crippen molar-refractivity contribution in [3.8, 4) is 0 Å². The molecule has 4 heterocycles. The summed E-state index contributed by atoms with van der Waals surface area (Å²) in [5.74, 6) is 2.61. The van der Waals surface area contributed by atoms with Crippen LogP contribution in [0.4, 0.5) is 5.13 Å². The molecule has 1 saturated heterocycles. The van der Waals surface area contributed by atoms with E-state index in [0.29, 0.717) is 12.5 Å². The highest BCUT2D eigenvalue weighted by atomic mass is 32.1. The number of hydrogen-bond donors (Lipinski definition) is 1. The van der Waals surface area contributed by atoms with E-state index in [-0.39, 0.29) is 0 Å². The Kier molecular flexibility index (Phi) is 4.33. The molecule has 0 saturated carbocycles. The maximum atomic E-state index is 6.19. The molecule has 0 amide bonds. The van der Waals surface area contributed by atoms with Crippen LogP contribution in [0.1, 0.15) is 24.5 Å². The van der Waals surface area contributed by atoms with E-state index in [1.807, 2.05) is 11.6 Å². The molecule has 4 rings (SSSR count). The van der Waals surface area contributed by atoms with E-state index in [4.69, 9.17) is 5.73 Å². The molecule has 8 nitrogen and oxygen atoms in total. The fraction of sp³-hybridized carbons (Fsp3) is 0.600. The average Bonchev–Trinajstić information content (AvgIpc) is 3.30. The van der Waals surface area contributed by atoms with Gasteiger partial charge in [0.25, 0.3) is 0 Å². The lowest BCUT2D eigenvalue weighted by Crippen LogP contribution is -2.51. The third kappa shape index (κ3) is 3.08. The monoisotopic (exact) mass is 346 g/mol. The predicted octanol–water partition coefficient (Wildman–Crippen LogP) is 0.708. The maximum absolute atomic E-state index is 6.19. The number of piperazine rings is 1. The molecule has 2 N–H and O–H groups in total. The molecular weight excluding hydrogens is 324 g/mol. The first-order valence-electron chi connectivity index (χ1n) is 8.41. The van der Waals surface area contributed by atoms with Gasteiger partial charge in [0.2, 0.25) is 0 Å². The second-order valence-electron chi connectivity index (χ2n) is 6.10. The first kappa shape index (κ1) is 15.4. The van der Waals surface area contributed by atoms with E-state index in [1.54, 1.807) is 11.3 Å². The van der Waals surface area contributed by atoms with E-state index in [2.05, 4.69) is 34.5 Å². The third-order valence-corrected chi connectivity index (χ3v) is 5.44. The molecule has 0 unspecified atom stereocenters. The van der Waals surface area contributed by atoms with Crippen LogP contribution in [-0.2, 0) is 19.5 Å². The molecular formula is C15H22N8S. The summed E-state index contributed by atoms with van der Waals surface area (Å²) in [4.78, 5) is 13.4. The molecule has 2 aliphatic heterocycles. The zero-order chi connectivity index (χ0) is 16.4. The van der Waals surface area contributed by atoms with Crippen molar-refractivity contribution in [1.29, 1.82) is 0 Å². The molecule has 128 valence electrons. The van der Waals surface area contributed by atoms with Gasteiger partial charge in [0.15, 0.2) is 16.9 Å². The molecule has 9 heteroatoms. The lowest BCUT2D eigenvalue weighted by Gasteiger charge is -2.35. The summed E-state index contributed by atoms with van der Waals surface area (Å²) in [7, 11) is 0. The maximum Gasteiger partial charge on any atom is 0.191 e. The highest BCUT2D eigenvalue weighted by Crippen LogP contribution is 2.19. The minimum absolute atomic E-state index is 0.505. The van der Waals surface area contributed by atoms with Gasteiger partial charge in [0.05, 0.1) is 0 Å². The van der Waals surface area contributed by atoms with Crippen LogP contribution in [-0.4, -0.2) is 56.8 Å². The van der Waals surface area contributed by atoms with Crippen LogP contribution in [0.15, 0.2) is 16.6 Å². The normalized spacial score (nSPS) is 18.8. The van der Waals surface area contributed by atoms with Gasteiger partial charge in [0, 0.05) is 50.7 Å². The van der Waals surface area contributed by atoms with E-state index < -0.39 is 0 Å². The van der Waals surface area contributed by atoms with Crippen LogP contribution >= 0.6 is 11.3 Å². The van der Waals surface area contributed by atoms with Crippen LogP contribution in [0.25, 0.3) is 0 Å². The predicted molar refractivity (Wildman–Crippen MR) is 94.2 cm³/mol. The Bertz CT molecular complexity index is 699. The smallest absolute Gasteiger partial charge is 0.191 e. The molecule has 0 aromatic carbocycles. The second-order valence-corrected chi connectivity index (χ2v) is 6.98. The van der Waals surface area contributed by atoms with Crippen molar-refractivity contribution in [3.63, 3.8) is 0 Å². The molecule has 2 aliphatic rings. The number of aryl methyl sites for hydroxylation is 1. The molecule has 2 aromatic heterocycles. The van der Waals surface area contributed by atoms with Crippen LogP contribution in [0, 0.1) is 0 Å². The lowest BCUT2D eigenvalue weighted by atomic mass is 10.2. The van der Waals surface area contributed by atoms with Crippen LogP contribution in [0.3, 0.4) is 0 Å². The highest BCUT2D eigenvalue weighted by Gasteiger charge is 2.20. The van der Waals surface area contributed by atoms with Crippen molar-refractivity contribution in [1.82, 2.24) is 24.6 Å². The van der Waals surface area contributed by atoms with Gasteiger partial charge in [-0.15, -0.1) is 21.5 Å². The van der Waals surface area contributed by atoms with E-state index in [0.717, 1.165) is 55.9 Å². The summed E-state index contributed by atoms with van der Waals surface area (Å²) in [5, 5.41) is 11.6. The summed E-state index contributed by atoms with van der Waals surface area (Å²) >= 11 is 1.68. The van der Waals surface area contributed by atoms with Crippen molar-refractivity contribution >= 4 is 22.4 Å². The van der Waals surface area contributed by atoms with E-state index >= 15 is 0 Å². The first-order chi connectivity index (χ1) is 11.8. The van der Waals surface area contributed by atoms with E-state index in [9.17, 15) is 0 Å². The Morgan fingerprint density at radius 3 is 2.83 bits per heavy atom. The molecule has 24 heavy (non-hydrogen) atoms.